The van der Waals surface area contributed by atoms with Crippen molar-refractivity contribution in [2.75, 3.05) is 13.1 Å². The topological polar surface area (TPSA) is 75.4 Å². The number of hydrogen-bond donors (Lipinski definition) is 2. The molecule has 2 amide bonds. The first kappa shape index (κ1) is 16.3. The zero-order valence-corrected chi connectivity index (χ0v) is 13.4. The van der Waals surface area contributed by atoms with Crippen LogP contribution in [-0.4, -0.2) is 41.4 Å². The molecule has 0 spiro atoms. The van der Waals surface area contributed by atoms with Crippen molar-refractivity contribution in [3.05, 3.63) is 0 Å². The Kier molecular flexibility index (Phi) is 5.25. The number of nitrogens with zero attached hydrogens (tertiary/aromatic N) is 1. The zero-order chi connectivity index (χ0) is 15.5. The number of piperidine rings is 1. The van der Waals surface area contributed by atoms with Gasteiger partial charge in [0, 0.05) is 25.0 Å². The normalized spacial score (nSPS) is 23.1. The quantitative estimate of drug-likeness (QED) is 0.826. The highest BCUT2D eigenvalue weighted by molar-refractivity contribution is 5.86. The van der Waals surface area contributed by atoms with E-state index in [0.717, 1.165) is 51.6 Å². The lowest BCUT2D eigenvalue weighted by Gasteiger charge is -2.37. The maximum atomic E-state index is 12.4. The summed E-state index contributed by atoms with van der Waals surface area (Å²) in [6, 6.07) is 0.163. The lowest BCUT2D eigenvalue weighted by atomic mass is 9.81. The van der Waals surface area contributed by atoms with Gasteiger partial charge in [-0.1, -0.05) is 33.1 Å². The molecule has 21 heavy (non-hydrogen) atoms. The number of carbonyl (C=O) groups is 2. The van der Waals surface area contributed by atoms with Gasteiger partial charge in [-0.25, -0.2) is 0 Å². The van der Waals surface area contributed by atoms with Gasteiger partial charge in [0.2, 0.25) is 11.8 Å². The first-order chi connectivity index (χ1) is 9.92. The number of carbonyl (C=O) groups excluding carboxylic acids is 2. The number of rotatable bonds is 3. The second kappa shape index (κ2) is 6.77. The Hall–Kier alpha value is -1.10. The Morgan fingerprint density at radius 1 is 1.14 bits per heavy atom. The molecule has 2 rings (SSSR count). The van der Waals surface area contributed by atoms with Crippen molar-refractivity contribution in [2.45, 2.75) is 70.4 Å². The minimum Gasteiger partial charge on any atom is -0.352 e. The summed E-state index contributed by atoms with van der Waals surface area (Å²) in [6.07, 6.45) is 6.53. The maximum Gasteiger partial charge on any atom is 0.240 e. The lowest BCUT2D eigenvalue weighted by Crippen LogP contribution is -2.58. The Morgan fingerprint density at radius 2 is 1.71 bits per heavy atom. The molecular formula is C16H29N3O2. The Balaban J connectivity index is 1.80. The minimum absolute atomic E-state index is 0.0100. The third kappa shape index (κ3) is 3.96. The van der Waals surface area contributed by atoms with Gasteiger partial charge in [0.1, 0.15) is 0 Å². The fourth-order valence-electron chi connectivity index (χ4n) is 3.35. The third-order valence-corrected chi connectivity index (χ3v) is 4.83. The van der Waals surface area contributed by atoms with Crippen LogP contribution in [0.5, 0.6) is 0 Å². The molecule has 0 aromatic rings. The van der Waals surface area contributed by atoms with Gasteiger partial charge in [0.15, 0.2) is 0 Å². The van der Waals surface area contributed by atoms with Gasteiger partial charge in [-0.3, -0.25) is 9.59 Å². The van der Waals surface area contributed by atoms with E-state index in [4.69, 9.17) is 5.73 Å². The molecule has 1 aliphatic heterocycles. The largest absolute Gasteiger partial charge is 0.352 e. The Labute approximate surface area is 127 Å². The van der Waals surface area contributed by atoms with E-state index < -0.39 is 5.54 Å². The first-order valence-electron chi connectivity index (χ1n) is 8.31. The molecule has 0 radical (unpaired) electrons. The van der Waals surface area contributed by atoms with Gasteiger partial charge >= 0.3 is 0 Å². The molecule has 0 atom stereocenters. The molecule has 1 saturated carbocycles. The van der Waals surface area contributed by atoms with Crippen molar-refractivity contribution in [3.8, 4) is 0 Å². The van der Waals surface area contributed by atoms with Crippen LogP contribution < -0.4 is 11.1 Å². The molecule has 120 valence electrons. The molecule has 5 nitrogen and oxygen atoms in total. The summed E-state index contributed by atoms with van der Waals surface area (Å²) >= 11 is 0. The molecule has 3 N–H and O–H groups in total. The highest BCUT2D eigenvalue weighted by Gasteiger charge is 2.36. The molecule has 0 aromatic carbocycles. The van der Waals surface area contributed by atoms with Gasteiger partial charge in [-0.15, -0.1) is 0 Å². The number of amides is 2. The molecular weight excluding hydrogens is 266 g/mol. The molecule has 1 heterocycles. The van der Waals surface area contributed by atoms with Crippen LogP contribution in [0.25, 0.3) is 0 Å². The molecule has 2 fully saturated rings. The summed E-state index contributed by atoms with van der Waals surface area (Å²) < 4.78 is 0. The van der Waals surface area contributed by atoms with Gasteiger partial charge in [0.05, 0.1) is 5.54 Å². The van der Waals surface area contributed by atoms with E-state index in [1.165, 1.54) is 6.42 Å². The second-order valence-corrected chi connectivity index (χ2v) is 6.94. The van der Waals surface area contributed by atoms with Crippen LogP contribution in [0.3, 0.4) is 0 Å². The van der Waals surface area contributed by atoms with Crippen molar-refractivity contribution in [2.24, 2.45) is 11.7 Å². The summed E-state index contributed by atoms with van der Waals surface area (Å²) in [6.45, 7) is 5.33. The minimum atomic E-state index is -0.664. The van der Waals surface area contributed by atoms with Crippen molar-refractivity contribution >= 4 is 11.8 Å². The van der Waals surface area contributed by atoms with Crippen LogP contribution in [0.15, 0.2) is 0 Å². The molecule has 0 bridgehead atoms. The first-order valence-corrected chi connectivity index (χ1v) is 8.31. The summed E-state index contributed by atoms with van der Waals surface area (Å²) in [7, 11) is 0. The van der Waals surface area contributed by atoms with Gasteiger partial charge in [-0.05, 0) is 25.7 Å². The highest BCUT2D eigenvalue weighted by atomic mass is 16.2. The Bertz CT molecular complexity index is 381. The highest BCUT2D eigenvalue weighted by Crippen LogP contribution is 2.26. The smallest absolute Gasteiger partial charge is 0.240 e. The van der Waals surface area contributed by atoms with E-state index in [0.29, 0.717) is 0 Å². The summed E-state index contributed by atoms with van der Waals surface area (Å²) in [5.41, 5.74) is 5.59. The second-order valence-electron chi connectivity index (χ2n) is 6.94. The van der Waals surface area contributed by atoms with E-state index in [-0.39, 0.29) is 23.8 Å². The molecule has 1 saturated heterocycles. The van der Waals surface area contributed by atoms with Crippen molar-refractivity contribution in [1.82, 2.24) is 10.2 Å². The number of hydrogen-bond acceptors (Lipinski definition) is 3. The summed E-state index contributed by atoms with van der Waals surface area (Å²) in [5.74, 6) is 0.267. The predicted molar refractivity (Wildman–Crippen MR) is 82.6 cm³/mol. The average Bonchev–Trinajstić information content (AvgIpc) is 2.48. The molecule has 0 aromatic heterocycles. The monoisotopic (exact) mass is 295 g/mol. The molecule has 5 heteroatoms. The summed E-state index contributed by atoms with van der Waals surface area (Å²) in [5, 5.41) is 3.12. The number of nitrogens with one attached hydrogen (secondary N) is 1. The van der Waals surface area contributed by atoms with E-state index in [2.05, 4.69) is 5.32 Å². The van der Waals surface area contributed by atoms with Gasteiger partial charge in [-0.2, -0.15) is 0 Å². The standard InChI is InChI=1S/C16H29N3O2/c1-12(2)14(20)19-10-6-13(7-11-19)18-15(21)16(17)8-4-3-5-9-16/h12-13H,3-11,17H2,1-2H3,(H,18,21). The van der Waals surface area contributed by atoms with Gasteiger partial charge in [0.25, 0.3) is 0 Å². The Morgan fingerprint density at radius 3 is 2.24 bits per heavy atom. The fourth-order valence-corrected chi connectivity index (χ4v) is 3.35. The van der Waals surface area contributed by atoms with E-state index in [9.17, 15) is 9.59 Å². The average molecular weight is 295 g/mol. The van der Waals surface area contributed by atoms with Crippen molar-refractivity contribution < 1.29 is 9.59 Å². The molecule has 1 aliphatic carbocycles. The van der Waals surface area contributed by atoms with Crippen LogP contribution in [0.1, 0.15) is 58.8 Å². The van der Waals surface area contributed by atoms with E-state index in [1.54, 1.807) is 0 Å². The van der Waals surface area contributed by atoms with Gasteiger partial charge < -0.3 is 16.0 Å². The van der Waals surface area contributed by atoms with E-state index >= 15 is 0 Å². The zero-order valence-electron chi connectivity index (χ0n) is 13.4. The summed E-state index contributed by atoms with van der Waals surface area (Å²) in [4.78, 5) is 26.2. The third-order valence-electron chi connectivity index (χ3n) is 4.83. The van der Waals surface area contributed by atoms with Crippen LogP contribution in [-0.2, 0) is 9.59 Å². The number of nitrogens with two attached hydrogens (primary N) is 1. The molecule has 2 aliphatic rings. The SMILES string of the molecule is CC(C)C(=O)N1CCC(NC(=O)C2(N)CCCCC2)CC1. The van der Waals surface area contributed by atoms with Crippen LogP contribution >= 0.6 is 0 Å². The van der Waals surface area contributed by atoms with Crippen LogP contribution in [0, 0.1) is 5.92 Å². The van der Waals surface area contributed by atoms with Crippen molar-refractivity contribution in [3.63, 3.8) is 0 Å². The van der Waals surface area contributed by atoms with Crippen LogP contribution in [0.2, 0.25) is 0 Å². The van der Waals surface area contributed by atoms with Crippen molar-refractivity contribution in [1.29, 1.82) is 0 Å². The van der Waals surface area contributed by atoms with Crippen LogP contribution in [0.4, 0.5) is 0 Å². The number of likely N-dealkylation sites (tertiary alicyclic amines) is 1. The van der Waals surface area contributed by atoms with E-state index in [1.807, 2.05) is 18.7 Å². The lowest BCUT2D eigenvalue weighted by molar-refractivity contribution is -0.135. The molecule has 0 unspecified atom stereocenters. The predicted octanol–water partition coefficient (Wildman–Crippen LogP) is 1.41. The fraction of sp³-hybridized carbons (Fsp3) is 0.875. The maximum absolute atomic E-state index is 12.4.